The van der Waals surface area contributed by atoms with Crippen LogP contribution in [0.5, 0.6) is 0 Å². The Kier molecular flexibility index (Phi) is 7.10. The zero-order valence-electron chi connectivity index (χ0n) is 19.7. The van der Waals surface area contributed by atoms with Gasteiger partial charge in [0.15, 0.2) is 0 Å². The van der Waals surface area contributed by atoms with E-state index in [0.29, 0.717) is 49.9 Å². The quantitative estimate of drug-likeness (QED) is 0.255. The molecule has 0 aromatic heterocycles. The van der Waals surface area contributed by atoms with E-state index >= 15 is 0 Å². The van der Waals surface area contributed by atoms with Gasteiger partial charge in [0.05, 0.1) is 11.2 Å². The van der Waals surface area contributed by atoms with Crippen LogP contribution in [0.3, 0.4) is 0 Å². The van der Waals surface area contributed by atoms with Crippen LogP contribution >= 0.6 is 0 Å². The lowest BCUT2D eigenvalue weighted by atomic mass is 9.79. The van der Waals surface area contributed by atoms with E-state index < -0.39 is 23.1 Å². The van der Waals surface area contributed by atoms with Gasteiger partial charge in [0.25, 0.3) is 0 Å². The number of hydrogen-bond donors (Lipinski definition) is 4. The van der Waals surface area contributed by atoms with E-state index in [0.717, 1.165) is 22.3 Å². The highest BCUT2D eigenvalue weighted by Gasteiger charge is 2.34. The lowest BCUT2D eigenvalue weighted by Crippen LogP contribution is -2.29. The Balaban J connectivity index is 1.23. The van der Waals surface area contributed by atoms with Crippen LogP contribution in [0.15, 0.2) is 48.6 Å². The summed E-state index contributed by atoms with van der Waals surface area (Å²) in [5.74, 6) is -1.23. The molecule has 6 N–H and O–H groups in total. The lowest BCUT2D eigenvalue weighted by molar-refractivity contribution is -0.160. The average Bonchev–Trinajstić information content (AvgIpc) is 2.81. The highest BCUT2D eigenvalue weighted by atomic mass is 16.6. The topological polar surface area (TPSA) is 136 Å². The van der Waals surface area contributed by atoms with E-state index in [9.17, 15) is 19.8 Å². The fourth-order valence-corrected chi connectivity index (χ4v) is 5.07. The van der Waals surface area contributed by atoms with E-state index in [4.69, 9.17) is 16.2 Å². The molecule has 7 nitrogen and oxygen atoms in total. The van der Waals surface area contributed by atoms with Crippen molar-refractivity contribution < 1.29 is 24.5 Å². The number of esters is 2. The van der Waals surface area contributed by atoms with Gasteiger partial charge in [-0.15, -0.1) is 0 Å². The van der Waals surface area contributed by atoms with Gasteiger partial charge in [-0.1, -0.05) is 48.6 Å². The first-order valence-corrected chi connectivity index (χ1v) is 12.0. The van der Waals surface area contributed by atoms with E-state index in [1.54, 1.807) is 24.3 Å². The van der Waals surface area contributed by atoms with Gasteiger partial charge < -0.3 is 26.4 Å². The number of carbonyl (C=O) groups excluding carboxylic acids is 2. The molecular formula is C28H32N2O5. The van der Waals surface area contributed by atoms with Crippen LogP contribution in [0.2, 0.25) is 0 Å². The van der Waals surface area contributed by atoms with Gasteiger partial charge in [-0.05, 0) is 61.8 Å². The number of nitrogens with two attached hydrogens (primary N) is 2. The molecule has 0 bridgehead atoms. The summed E-state index contributed by atoms with van der Waals surface area (Å²) in [7, 11) is 0. The Hall–Kier alpha value is -3.42. The third kappa shape index (κ3) is 5.31. The van der Waals surface area contributed by atoms with Crippen molar-refractivity contribution in [3.63, 3.8) is 0 Å². The molecule has 35 heavy (non-hydrogen) atoms. The fraction of sp³-hybridized carbons (Fsp3) is 0.357. The number of nitrogen functional groups attached to an aromatic ring is 2. The summed E-state index contributed by atoms with van der Waals surface area (Å²) in [5.41, 5.74) is 14.2. The maximum atomic E-state index is 12.2. The van der Waals surface area contributed by atoms with Crippen LogP contribution in [-0.4, -0.2) is 22.2 Å². The normalized spacial score (nSPS) is 22.3. The van der Waals surface area contributed by atoms with Gasteiger partial charge in [-0.3, -0.25) is 9.59 Å². The van der Waals surface area contributed by atoms with E-state index in [1.807, 2.05) is 36.4 Å². The molecule has 0 radical (unpaired) electrons. The third-order valence-electron chi connectivity index (χ3n) is 6.93. The molecule has 2 atom stereocenters. The second kappa shape index (κ2) is 10.1. The van der Waals surface area contributed by atoms with Crippen LogP contribution in [0.25, 0.3) is 12.2 Å². The summed E-state index contributed by atoms with van der Waals surface area (Å²) < 4.78 is 4.96. The van der Waals surface area contributed by atoms with Crippen molar-refractivity contribution in [3.8, 4) is 0 Å². The van der Waals surface area contributed by atoms with Gasteiger partial charge in [0.2, 0.25) is 0 Å². The van der Waals surface area contributed by atoms with E-state index in [-0.39, 0.29) is 12.8 Å². The molecule has 2 aliphatic rings. The molecule has 184 valence electrons. The average molecular weight is 477 g/mol. The van der Waals surface area contributed by atoms with Gasteiger partial charge in [0, 0.05) is 35.3 Å². The van der Waals surface area contributed by atoms with Crippen LogP contribution in [-0.2, 0) is 25.5 Å². The molecule has 0 aliphatic heterocycles. The highest BCUT2D eigenvalue weighted by Crippen LogP contribution is 2.40. The Labute approximate surface area is 205 Å². The van der Waals surface area contributed by atoms with Crippen molar-refractivity contribution in [1.29, 1.82) is 0 Å². The summed E-state index contributed by atoms with van der Waals surface area (Å²) in [6, 6.07) is 10.9. The first-order valence-electron chi connectivity index (χ1n) is 12.0. The van der Waals surface area contributed by atoms with E-state index in [1.165, 1.54) is 0 Å². The number of fused-ring (bicyclic) bond motifs is 2. The number of ether oxygens (including phenoxy) is 1. The standard InChI is InChI=1S/C28H32N2O5/c29-23-11-1-9-21-19(23)7-3-15-27(21,33)17-5-13-25(31)35-26(32)14-6-18-28(34)16-4-8-20-22(28)10-2-12-24(20)30/h1-4,7-12,33-34H,5-6,13-18,29-30H2. The summed E-state index contributed by atoms with van der Waals surface area (Å²) in [5, 5.41) is 22.3. The largest absolute Gasteiger partial charge is 0.398 e. The molecule has 4 rings (SSSR count). The van der Waals surface area contributed by atoms with Crippen molar-refractivity contribution >= 4 is 35.5 Å². The van der Waals surface area contributed by atoms with Crippen LogP contribution < -0.4 is 11.5 Å². The molecule has 0 saturated carbocycles. The SMILES string of the molecule is Nc1cccc2c1C=CCC2(O)CCCC(=O)OC(=O)CCCC1(O)CC=Cc2c(N)cccc21. The number of hydrogen-bond acceptors (Lipinski definition) is 7. The van der Waals surface area contributed by atoms with Gasteiger partial charge >= 0.3 is 11.9 Å². The minimum Gasteiger partial charge on any atom is -0.398 e. The smallest absolute Gasteiger partial charge is 0.313 e. The highest BCUT2D eigenvalue weighted by molar-refractivity contribution is 5.85. The molecule has 2 aromatic carbocycles. The molecule has 0 heterocycles. The summed E-state index contributed by atoms with van der Waals surface area (Å²) >= 11 is 0. The molecular weight excluding hydrogens is 444 g/mol. The number of aliphatic hydroxyl groups is 2. The van der Waals surface area contributed by atoms with Gasteiger partial charge in [-0.2, -0.15) is 0 Å². The number of anilines is 2. The Morgan fingerprint density at radius 1 is 0.771 bits per heavy atom. The molecule has 2 aromatic rings. The molecule has 0 spiro atoms. The van der Waals surface area contributed by atoms with Crippen molar-refractivity contribution in [2.24, 2.45) is 0 Å². The summed E-state index contributed by atoms with van der Waals surface area (Å²) in [6.07, 6.45) is 9.92. The number of rotatable bonds is 8. The van der Waals surface area contributed by atoms with Crippen LogP contribution in [0, 0.1) is 0 Å². The number of benzene rings is 2. The Morgan fingerprint density at radius 3 is 1.63 bits per heavy atom. The zero-order valence-corrected chi connectivity index (χ0v) is 19.7. The van der Waals surface area contributed by atoms with Gasteiger partial charge in [-0.25, -0.2) is 0 Å². The van der Waals surface area contributed by atoms with Crippen LogP contribution in [0.1, 0.15) is 73.6 Å². The van der Waals surface area contributed by atoms with Crippen molar-refractivity contribution in [1.82, 2.24) is 0 Å². The van der Waals surface area contributed by atoms with Gasteiger partial charge in [0.1, 0.15) is 0 Å². The molecule has 0 amide bonds. The molecule has 7 heteroatoms. The van der Waals surface area contributed by atoms with Crippen molar-refractivity contribution in [2.45, 2.75) is 62.6 Å². The maximum absolute atomic E-state index is 12.2. The fourth-order valence-electron chi connectivity index (χ4n) is 5.07. The van der Waals surface area contributed by atoms with Crippen molar-refractivity contribution in [2.75, 3.05) is 11.5 Å². The van der Waals surface area contributed by atoms with E-state index in [2.05, 4.69) is 0 Å². The second-order valence-corrected chi connectivity index (χ2v) is 9.45. The molecule has 2 unspecified atom stereocenters. The Morgan fingerprint density at radius 2 is 1.20 bits per heavy atom. The lowest BCUT2D eigenvalue weighted by Gasteiger charge is -2.32. The van der Waals surface area contributed by atoms with Crippen LogP contribution in [0.4, 0.5) is 11.4 Å². The second-order valence-electron chi connectivity index (χ2n) is 9.45. The summed E-state index contributed by atoms with van der Waals surface area (Å²) in [4.78, 5) is 24.4. The third-order valence-corrected chi connectivity index (χ3v) is 6.93. The predicted octanol–water partition coefficient (Wildman–Crippen LogP) is 4.17. The minimum absolute atomic E-state index is 0.0246. The molecule has 0 fully saturated rings. The Bertz CT molecular complexity index is 1100. The maximum Gasteiger partial charge on any atom is 0.313 e. The monoisotopic (exact) mass is 476 g/mol. The molecule has 0 saturated heterocycles. The first-order chi connectivity index (χ1) is 16.7. The predicted molar refractivity (Wildman–Crippen MR) is 136 cm³/mol. The number of carbonyl (C=O) groups is 2. The minimum atomic E-state index is -1.10. The first kappa shape index (κ1) is 24.7. The summed E-state index contributed by atoms with van der Waals surface area (Å²) in [6.45, 7) is 0. The zero-order chi connectivity index (χ0) is 25.1. The molecule has 2 aliphatic carbocycles. The van der Waals surface area contributed by atoms with Crippen molar-refractivity contribution in [3.05, 3.63) is 70.8 Å².